The molecule has 140 valence electrons. The number of fused-ring (bicyclic) bond motifs is 2. The highest BCUT2D eigenvalue weighted by molar-refractivity contribution is 6.10. The number of hydrogen-bond acceptors (Lipinski definition) is 1. The van der Waals surface area contributed by atoms with E-state index < -0.39 is 0 Å². The zero-order valence-electron chi connectivity index (χ0n) is 16.4. The predicted molar refractivity (Wildman–Crippen MR) is 123 cm³/mol. The molecule has 1 heteroatoms. The standard InChI is InChI=1S/C28H22O/c1-29-19-20-8-6-12-23(18-20)26-17-16-22-10-3-5-14-25(22)28(26)27-15-7-11-21-9-2-4-13-24(21)27/h2-18H,19H2,1H3. The second kappa shape index (κ2) is 7.54. The van der Waals surface area contributed by atoms with Crippen molar-refractivity contribution in [1.29, 1.82) is 0 Å². The fourth-order valence-electron chi connectivity index (χ4n) is 4.24. The van der Waals surface area contributed by atoms with Gasteiger partial charge in [-0.15, -0.1) is 0 Å². The molecule has 0 aliphatic rings. The van der Waals surface area contributed by atoms with E-state index in [-0.39, 0.29) is 0 Å². The van der Waals surface area contributed by atoms with E-state index in [4.69, 9.17) is 4.74 Å². The quantitative estimate of drug-likeness (QED) is 0.317. The molecule has 0 amide bonds. The van der Waals surface area contributed by atoms with Crippen LogP contribution in [0.15, 0.2) is 103 Å². The van der Waals surface area contributed by atoms with Gasteiger partial charge in [0.2, 0.25) is 0 Å². The Balaban J connectivity index is 1.86. The Hall–Kier alpha value is -3.42. The molecule has 0 unspecified atom stereocenters. The lowest BCUT2D eigenvalue weighted by molar-refractivity contribution is 0.185. The van der Waals surface area contributed by atoms with E-state index in [0.717, 1.165) is 0 Å². The molecule has 0 heterocycles. The average molecular weight is 374 g/mol. The minimum Gasteiger partial charge on any atom is -0.380 e. The SMILES string of the molecule is COCc1cccc(-c2ccc3ccccc3c2-c2cccc3ccccc23)c1. The van der Waals surface area contributed by atoms with Crippen molar-refractivity contribution in [3.05, 3.63) is 109 Å². The Morgan fingerprint density at radius 1 is 0.586 bits per heavy atom. The van der Waals surface area contributed by atoms with Gasteiger partial charge >= 0.3 is 0 Å². The van der Waals surface area contributed by atoms with E-state index in [9.17, 15) is 0 Å². The molecule has 0 spiro atoms. The van der Waals surface area contributed by atoms with E-state index in [2.05, 4.69) is 103 Å². The van der Waals surface area contributed by atoms with Crippen LogP contribution in [0.1, 0.15) is 5.56 Å². The molecule has 5 rings (SSSR count). The minimum absolute atomic E-state index is 0.616. The van der Waals surface area contributed by atoms with Gasteiger partial charge in [0.15, 0.2) is 0 Å². The lowest BCUT2D eigenvalue weighted by Crippen LogP contribution is -1.92. The van der Waals surface area contributed by atoms with Crippen molar-refractivity contribution in [3.8, 4) is 22.3 Å². The van der Waals surface area contributed by atoms with Crippen LogP contribution < -0.4 is 0 Å². The first-order chi connectivity index (χ1) is 14.3. The van der Waals surface area contributed by atoms with Crippen LogP contribution in [0.5, 0.6) is 0 Å². The lowest BCUT2D eigenvalue weighted by Gasteiger charge is -2.16. The van der Waals surface area contributed by atoms with E-state index in [0.29, 0.717) is 6.61 Å². The molecule has 0 bridgehead atoms. The molecule has 5 aromatic rings. The van der Waals surface area contributed by atoms with Crippen molar-refractivity contribution in [3.63, 3.8) is 0 Å². The topological polar surface area (TPSA) is 9.23 Å². The summed E-state index contributed by atoms with van der Waals surface area (Å²) < 4.78 is 5.36. The van der Waals surface area contributed by atoms with Gasteiger partial charge in [-0.25, -0.2) is 0 Å². The van der Waals surface area contributed by atoms with Crippen LogP contribution in [0.4, 0.5) is 0 Å². The monoisotopic (exact) mass is 374 g/mol. The molecule has 0 aromatic heterocycles. The third kappa shape index (κ3) is 3.20. The Morgan fingerprint density at radius 2 is 1.28 bits per heavy atom. The van der Waals surface area contributed by atoms with Crippen molar-refractivity contribution < 1.29 is 4.74 Å². The maximum absolute atomic E-state index is 5.36. The van der Waals surface area contributed by atoms with Gasteiger partial charge in [0.1, 0.15) is 0 Å². The highest BCUT2D eigenvalue weighted by Gasteiger charge is 2.14. The summed E-state index contributed by atoms with van der Waals surface area (Å²) >= 11 is 0. The van der Waals surface area contributed by atoms with Gasteiger partial charge in [-0.05, 0) is 55.4 Å². The number of rotatable bonds is 4. The van der Waals surface area contributed by atoms with Gasteiger partial charge in [0.05, 0.1) is 6.61 Å². The van der Waals surface area contributed by atoms with Crippen LogP contribution in [0.25, 0.3) is 43.8 Å². The average Bonchev–Trinajstić information content (AvgIpc) is 2.78. The van der Waals surface area contributed by atoms with Crippen LogP contribution in [0.2, 0.25) is 0 Å². The van der Waals surface area contributed by atoms with Gasteiger partial charge in [-0.1, -0.05) is 97.1 Å². The maximum atomic E-state index is 5.36. The van der Waals surface area contributed by atoms with Gasteiger partial charge in [-0.3, -0.25) is 0 Å². The third-order valence-electron chi connectivity index (χ3n) is 5.54. The largest absolute Gasteiger partial charge is 0.380 e. The zero-order valence-corrected chi connectivity index (χ0v) is 16.4. The van der Waals surface area contributed by atoms with Crippen LogP contribution in [-0.2, 0) is 11.3 Å². The first-order valence-corrected chi connectivity index (χ1v) is 9.93. The van der Waals surface area contributed by atoms with Crippen LogP contribution in [-0.4, -0.2) is 7.11 Å². The molecule has 0 N–H and O–H groups in total. The molecule has 0 radical (unpaired) electrons. The molecular formula is C28H22O. The molecule has 29 heavy (non-hydrogen) atoms. The summed E-state index contributed by atoms with van der Waals surface area (Å²) in [5.74, 6) is 0. The molecule has 0 aliphatic carbocycles. The molecule has 0 saturated carbocycles. The summed E-state index contributed by atoms with van der Waals surface area (Å²) in [6, 6.07) is 37.0. The molecule has 1 nitrogen and oxygen atoms in total. The first-order valence-electron chi connectivity index (χ1n) is 9.93. The summed E-state index contributed by atoms with van der Waals surface area (Å²) in [5, 5.41) is 5.07. The van der Waals surface area contributed by atoms with Crippen molar-refractivity contribution in [2.45, 2.75) is 6.61 Å². The Morgan fingerprint density at radius 3 is 2.10 bits per heavy atom. The number of ether oxygens (including phenoxy) is 1. The van der Waals surface area contributed by atoms with Gasteiger partial charge in [-0.2, -0.15) is 0 Å². The summed E-state index contributed by atoms with van der Waals surface area (Å²) in [6.45, 7) is 0.616. The minimum atomic E-state index is 0.616. The summed E-state index contributed by atoms with van der Waals surface area (Å²) in [7, 11) is 1.74. The van der Waals surface area contributed by atoms with E-state index >= 15 is 0 Å². The number of hydrogen-bond donors (Lipinski definition) is 0. The second-order valence-corrected chi connectivity index (χ2v) is 7.37. The maximum Gasteiger partial charge on any atom is 0.0713 e. The van der Waals surface area contributed by atoms with Crippen molar-refractivity contribution in [2.75, 3.05) is 7.11 Å². The smallest absolute Gasteiger partial charge is 0.0713 e. The van der Waals surface area contributed by atoms with E-state index in [1.807, 2.05) is 0 Å². The van der Waals surface area contributed by atoms with Crippen LogP contribution >= 0.6 is 0 Å². The van der Waals surface area contributed by atoms with E-state index in [1.54, 1.807) is 7.11 Å². The summed E-state index contributed by atoms with van der Waals surface area (Å²) in [6.07, 6.45) is 0. The Kier molecular flexibility index (Phi) is 4.59. The molecule has 0 fully saturated rings. The van der Waals surface area contributed by atoms with E-state index in [1.165, 1.54) is 49.4 Å². The predicted octanol–water partition coefficient (Wildman–Crippen LogP) is 7.47. The van der Waals surface area contributed by atoms with Crippen molar-refractivity contribution >= 4 is 21.5 Å². The third-order valence-corrected chi connectivity index (χ3v) is 5.54. The number of benzene rings is 5. The highest BCUT2D eigenvalue weighted by Crippen LogP contribution is 2.41. The number of methoxy groups -OCH3 is 1. The fourth-order valence-corrected chi connectivity index (χ4v) is 4.24. The highest BCUT2D eigenvalue weighted by atomic mass is 16.5. The first kappa shape index (κ1) is 17.7. The van der Waals surface area contributed by atoms with Crippen LogP contribution in [0, 0.1) is 0 Å². The summed E-state index contributed by atoms with van der Waals surface area (Å²) in [4.78, 5) is 0. The normalized spacial score (nSPS) is 11.2. The summed E-state index contributed by atoms with van der Waals surface area (Å²) in [5.41, 5.74) is 6.20. The van der Waals surface area contributed by atoms with Crippen LogP contribution in [0.3, 0.4) is 0 Å². The molecule has 5 aromatic carbocycles. The van der Waals surface area contributed by atoms with Crippen molar-refractivity contribution in [2.24, 2.45) is 0 Å². The molecule has 0 saturated heterocycles. The Bertz CT molecular complexity index is 1310. The molecular weight excluding hydrogens is 352 g/mol. The van der Waals surface area contributed by atoms with Crippen molar-refractivity contribution in [1.82, 2.24) is 0 Å². The van der Waals surface area contributed by atoms with Gasteiger partial charge < -0.3 is 4.74 Å². The lowest BCUT2D eigenvalue weighted by atomic mass is 9.87. The van der Waals surface area contributed by atoms with Gasteiger partial charge in [0.25, 0.3) is 0 Å². The second-order valence-electron chi connectivity index (χ2n) is 7.37. The Labute approximate surface area is 171 Å². The molecule has 0 aliphatic heterocycles. The fraction of sp³-hybridized carbons (Fsp3) is 0.0714. The zero-order chi connectivity index (χ0) is 19.6. The molecule has 0 atom stereocenters. The van der Waals surface area contributed by atoms with Gasteiger partial charge in [0, 0.05) is 7.11 Å².